The van der Waals surface area contributed by atoms with Gasteiger partial charge in [0.1, 0.15) is 5.75 Å². The zero-order valence-electron chi connectivity index (χ0n) is 18.2. The Morgan fingerprint density at radius 2 is 1.57 bits per heavy atom. The van der Waals surface area contributed by atoms with Gasteiger partial charge in [-0.2, -0.15) is 5.10 Å². The Kier molecular flexibility index (Phi) is 6.30. The Morgan fingerprint density at radius 1 is 0.933 bits per heavy atom. The van der Waals surface area contributed by atoms with Crippen LogP contribution in [0.1, 0.15) is 58.5 Å². The highest BCUT2D eigenvalue weighted by atomic mass is 79.9. The summed E-state index contributed by atoms with van der Waals surface area (Å²) in [5, 5.41) is 15.1. The maximum absolute atomic E-state index is 10.2. The van der Waals surface area contributed by atoms with Crippen LogP contribution in [0.25, 0.3) is 5.69 Å². The van der Waals surface area contributed by atoms with Gasteiger partial charge >= 0.3 is 0 Å². The quantitative estimate of drug-likeness (QED) is 0.356. The van der Waals surface area contributed by atoms with Crippen molar-refractivity contribution >= 4 is 43.8 Å². The van der Waals surface area contributed by atoms with Crippen LogP contribution in [0.3, 0.4) is 0 Å². The first kappa shape index (κ1) is 22.8. The second kappa shape index (κ2) is 8.31. The van der Waals surface area contributed by atoms with Crippen molar-refractivity contribution in [3.63, 3.8) is 0 Å². The number of hydrogen-bond acceptors (Lipinski definition) is 3. The number of nitrogens with zero attached hydrogens (tertiary/aromatic N) is 3. The van der Waals surface area contributed by atoms with E-state index in [0.717, 1.165) is 21.5 Å². The van der Waals surface area contributed by atoms with Gasteiger partial charge in [-0.05, 0) is 58.4 Å². The molecule has 1 N–H and O–H groups in total. The molecule has 158 valence electrons. The number of aromatic hydroxyl groups is 1. The summed E-state index contributed by atoms with van der Waals surface area (Å²) < 4.78 is 3.52. The number of benzene rings is 2. The van der Waals surface area contributed by atoms with E-state index in [1.165, 1.54) is 5.69 Å². The van der Waals surface area contributed by atoms with Gasteiger partial charge in [-0.25, -0.2) is 4.68 Å². The van der Waals surface area contributed by atoms with Gasteiger partial charge in [-0.15, -0.1) is 0 Å². The van der Waals surface area contributed by atoms with Crippen LogP contribution in [0, 0.1) is 0 Å². The monoisotopic (exact) mass is 531 g/mol. The first-order valence-electron chi connectivity index (χ1n) is 9.80. The minimum Gasteiger partial charge on any atom is -0.506 e. The molecule has 2 aromatic carbocycles. The molecule has 30 heavy (non-hydrogen) atoms. The molecule has 6 heteroatoms. The van der Waals surface area contributed by atoms with Crippen LogP contribution in [0.15, 0.2) is 56.4 Å². The minimum atomic E-state index is -0.0288. The number of rotatable bonds is 3. The fourth-order valence-corrected chi connectivity index (χ4v) is 4.25. The zero-order valence-corrected chi connectivity index (χ0v) is 21.3. The lowest BCUT2D eigenvalue weighted by molar-refractivity contribution is 0.471. The average molecular weight is 533 g/mol. The fraction of sp³-hybridized carbons (Fsp3) is 0.333. The highest BCUT2D eigenvalue weighted by Gasteiger charge is 2.26. The molecular weight excluding hydrogens is 506 g/mol. The Morgan fingerprint density at radius 3 is 2.13 bits per heavy atom. The summed E-state index contributed by atoms with van der Waals surface area (Å²) in [6.45, 7) is 13.1. The van der Waals surface area contributed by atoms with E-state index in [4.69, 9.17) is 5.10 Å². The van der Waals surface area contributed by atoms with Crippen LogP contribution >= 0.6 is 31.9 Å². The number of halogens is 2. The van der Waals surface area contributed by atoms with Crippen LogP contribution in [-0.4, -0.2) is 21.1 Å². The molecule has 0 aliphatic carbocycles. The zero-order chi connectivity index (χ0) is 22.3. The van der Waals surface area contributed by atoms with Gasteiger partial charge in [0, 0.05) is 32.8 Å². The van der Waals surface area contributed by atoms with E-state index in [0.29, 0.717) is 10.0 Å². The molecule has 0 fully saturated rings. The molecule has 0 saturated carbocycles. The molecule has 0 aliphatic heterocycles. The first-order chi connectivity index (χ1) is 13.9. The summed E-state index contributed by atoms with van der Waals surface area (Å²) >= 11 is 6.78. The summed E-state index contributed by atoms with van der Waals surface area (Å²) in [6, 6.07) is 13.8. The van der Waals surface area contributed by atoms with Crippen molar-refractivity contribution in [2.24, 2.45) is 4.99 Å². The number of hydrogen-bond donors (Lipinski definition) is 1. The number of aliphatic imine (C=N–C) groups is 1. The summed E-state index contributed by atoms with van der Waals surface area (Å²) in [4.78, 5) is 4.51. The van der Waals surface area contributed by atoms with Gasteiger partial charge < -0.3 is 5.11 Å². The lowest BCUT2D eigenvalue weighted by Crippen LogP contribution is -2.17. The minimum absolute atomic E-state index is 0.0181. The second-order valence-electron chi connectivity index (χ2n) is 9.43. The fourth-order valence-electron chi connectivity index (χ4n) is 2.99. The van der Waals surface area contributed by atoms with Crippen molar-refractivity contribution in [1.29, 1.82) is 0 Å². The SMILES string of the molecule is CC(C)(C)c1cc(C(C)(C)C)n(-c2ccc(N=Cc3cc(Br)cc(Br)c3O)cc2)n1. The Hall–Kier alpha value is -1.92. The van der Waals surface area contributed by atoms with E-state index >= 15 is 0 Å². The third-order valence-electron chi connectivity index (χ3n) is 4.75. The summed E-state index contributed by atoms with van der Waals surface area (Å²) in [5.41, 5.74) is 4.64. The number of phenols is 1. The van der Waals surface area contributed by atoms with Crippen molar-refractivity contribution in [1.82, 2.24) is 9.78 Å². The lowest BCUT2D eigenvalue weighted by atomic mass is 9.88. The summed E-state index contributed by atoms with van der Waals surface area (Å²) in [7, 11) is 0. The van der Waals surface area contributed by atoms with Gasteiger partial charge in [0.2, 0.25) is 0 Å². The highest BCUT2D eigenvalue weighted by molar-refractivity contribution is 9.11. The van der Waals surface area contributed by atoms with Crippen LogP contribution in [0.5, 0.6) is 5.75 Å². The Bertz CT molecular complexity index is 1090. The predicted octanol–water partition coefficient (Wildman–Crippen LogP) is 7.45. The molecule has 0 atom stereocenters. The molecule has 0 amide bonds. The molecule has 0 saturated heterocycles. The summed E-state index contributed by atoms with van der Waals surface area (Å²) in [5.74, 6) is 0.166. The molecule has 0 radical (unpaired) electrons. The number of phenolic OH excluding ortho intramolecular Hbond substituents is 1. The molecular formula is C24H27Br2N3O. The van der Waals surface area contributed by atoms with E-state index in [-0.39, 0.29) is 16.6 Å². The highest BCUT2D eigenvalue weighted by Crippen LogP contribution is 2.32. The van der Waals surface area contributed by atoms with Gasteiger partial charge in [0.25, 0.3) is 0 Å². The molecule has 1 aromatic heterocycles. The standard InChI is InChI=1S/C24H27Br2N3O/c1-23(2,3)20-13-21(24(4,5)6)29(28-20)18-9-7-17(8-10-18)27-14-15-11-16(25)12-19(26)22(15)30/h7-14,30H,1-6H3. The van der Waals surface area contributed by atoms with Crippen LogP contribution in [0.4, 0.5) is 5.69 Å². The largest absolute Gasteiger partial charge is 0.506 e. The van der Waals surface area contributed by atoms with Crippen molar-refractivity contribution in [2.75, 3.05) is 0 Å². The predicted molar refractivity (Wildman–Crippen MR) is 132 cm³/mol. The Labute approximate surface area is 195 Å². The van der Waals surface area contributed by atoms with Crippen LogP contribution in [-0.2, 0) is 10.8 Å². The van der Waals surface area contributed by atoms with Crippen LogP contribution in [0.2, 0.25) is 0 Å². The van der Waals surface area contributed by atoms with Gasteiger partial charge in [-0.1, -0.05) is 57.5 Å². The van der Waals surface area contributed by atoms with Gasteiger partial charge in [-0.3, -0.25) is 4.99 Å². The third-order valence-corrected chi connectivity index (χ3v) is 5.81. The molecule has 1 heterocycles. The molecule has 0 bridgehead atoms. The Balaban J connectivity index is 1.94. The first-order valence-corrected chi connectivity index (χ1v) is 11.4. The van der Waals surface area contributed by atoms with Crippen molar-refractivity contribution in [3.05, 3.63) is 68.4 Å². The van der Waals surface area contributed by atoms with E-state index in [1.54, 1.807) is 12.3 Å². The summed E-state index contributed by atoms with van der Waals surface area (Å²) in [6.07, 6.45) is 1.66. The average Bonchev–Trinajstić information content (AvgIpc) is 3.10. The second-order valence-corrected chi connectivity index (χ2v) is 11.2. The van der Waals surface area contributed by atoms with Crippen molar-refractivity contribution < 1.29 is 5.11 Å². The van der Waals surface area contributed by atoms with Crippen molar-refractivity contribution in [2.45, 2.75) is 52.4 Å². The van der Waals surface area contributed by atoms with Gasteiger partial charge in [0.05, 0.1) is 21.5 Å². The molecule has 3 rings (SSSR count). The lowest BCUT2D eigenvalue weighted by Gasteiger charge is -2.20. The van der Waals surface area contributed by atoms with E-state index in [9.17, 15) is 5.11 Å². The smallest absolute Gasteiger partial charge is 0.138 e. The third kappa shape index (κ3) is 5.03. The van der Waals surface area contributed by atoms with E-state index in [2.05, 4.69) is 84.5 Å². The molecule has 0 spiro atoms. The maximum Gasteiger partial charge on any atom is 0.138 e. The number of aromatic nitrogens is 2. The molecule has 0 unspecified atom stereocenters. The topological polar surface area (TPSA) is 50.4 Å². The maximum atomic E-state index is 10.2. The normalized spacial score (nSPS) is 12.7. The van der Waals surface area contributed by atoms with Crippen molar-refractivity contribution in [3.8, 4) is 11.4 Å². The van der Waals surface area contributed by atoms with E-state index in [1.807, 2.05) is 35.0 Å². The molecule has 4 nitrogen and oxygen atoms in total. The molecule has 3 aromatic rings. The van der Waals surface area contributed by atoms with E-state index < -0.39 is 0 Å². The van der Waals surface area contributed by atoms with Crippen LogP contribution < -0.4 is 0 Å². The van der Waals surface area contributed by atoms with Gasteiger partial charge in [0.15, 0.2) is 0 Å². The molecule has 0 aliphatic rings.